The fourth-order valence-electron chi connectivity index (χ4n) is 2.63. The van der Waals surface area contributed by atoms with Crippen molar-refractivity contribution in [1.29, 1.82) is 0 Å². The molecule has 0 radical (unpaired) electrons. The summed E-state index contributed by atoms with van der Waals surface area (Å²) in [7, 11) is -8.63. The molecule has 0 aromatic carbocycles. The van der Waals surface area contributed by atoms with Crippen LogP contribution in [0.1, 0.15) is 89.9 Å². The molecule has 0 rings (SSSR count). The van der Waals surface area contributed by atoms with Gasteiger partial charge in [-0.05, 0) is 37.5 Å². The zero-order valence-corrected chi connectivity index (χ0v) is 19.4. The number of rotatable bonds is 18. The van der Waals surface area contributed by atoms with Crippen LogP contribution in [0.3, 0.4) is 0 Å². The molecule has 0 aliphatic carbocycles. The Morgan fingerprint density at radius 2 is 0.800 bits per heavy atom. The van der Waals surface area contributed by atoms with Crippen LogP contribution in [0.4, 0.5) is 0 Å². The van der Waals surface area contributed by atoms with Gasteiger partial charge in [-0.2, -0.15) is 0 Å². The van der Waals surface area contributed by atoms with Crippen molar-refractivity contribution in [3.63, 3.8) is 0 Å². The van der Waals surface area contributed by atoms with Gasteiger partial charge in [-0.15, -0.1) is 0 Å². The fourth-order valence-corrected chi connectivity index (χ4v) is 3.36. The zero-order valence-electron chi connectivity index (χ0n) is 17.6. The highest BCUT2D eigenvalue weighted by Crippen LogP contribution is 2.36. The maximum atomic E-state index is 10.5. The van der Waals surface area contributed by atoms with Crippen molar-refractivity contribution in [2.75, 3.05) is 13.2 Å². The minimum atomic E-state index is -4.32. The van der Waals surface area contributed by atoms with E-state index in [0.717, 1.165) is 77.0 Å². The number of phosphoric acid groups is 2. The van der Waals surface area contributed by atoms with E-state index in [2.05, 4.69) is 32.7 Å². The van der Waals surface area contributed by atoms with Gasteiger partial charge in [-0.1, -0.05) is 63.2 Å². The molecule has 0 aliphatic heterocycles. The van der Waals surface area contributed by atoms with Gasteiger partial charge in [0, 0.05) is 12.8 Å². The molecule has 8 nitrogen and oxygen atoms in total. The maximum absolute atomic E-state index is 10.5. The molecule has 0 unspecified atom stereocenters. The van der Waals surface area contributed by atoms with Crippen LogP contribution in [-0.4, -0.2) is 32.8 Å². The number of unbranched alkanes of at least 4 members (excludes halogenated alkanes) is 12. The van der Waals surface area contributed by atoms with Crippen LogP contribution in [0.2, 0.25) is 0 Å². The molecule has 0 saturated carbocycles. The Hall–Kier alpha value is -0.660. The normalized spacial score (nSPS) is 11.5. The van der Waals surface area contributed by atoms with E-state index >= 15 is 0 Å². The molecule has 0 atom stereocenters. The minimum absolute atomic E-state index is 0.103. The van der Waals surface area contributed by atoms with E-state index in [0.29, 0.717) is 12.8 Å². The molecule has 0 heterocycles. The van der Waals surface area contributed by atoms with Crippen LogP contribution in [0, 0.1) is 23.7 Å². The standard InChI is InChI=1S/C20H36O8P2/c21-29(22,23)27-19-17-15-13-11-9-7-5-3-1-2-4-6-8-10-12-14-16-18-20-28-30(24,25)26/h5-20H2,(H2,21,22,23)(H2,24,25,26). The monoisotopic (exact) mass is 466 g/mol. The summed E-state index contributed by atoms with van der Waals surface area (Å²) in [4.78, 5) is 34.2. The second-order valence-electron chi connectivity index (χ2n) is 6.99. The lowest BCUT2D eigenvalue weighted by atomic mass is 10.1. The van der Waals surface area contributed by atoms with Crippen LogP contribution in [-0.2, 0) is 18.2 Å². The molecule has 0 fully saturated rings. The SMILES string of the molecule is O=P(O)(O)OCCCCCCCCC#CC#CCCCCCCCCOP(=O)(O)O. The first kappa shape index (κ1) is 29.3. The summed E-state index contributed by atoms with van der Waals surface area (Å²) < 4.78 is 29.7. The highest BCUT2D eigenvalue weighted by atomic mass is 31.2. The van der Waals surface area contributed by atoms with Crippen LogP contribution < -0.4 is 0 Å². The van der Waals surface area contributed by atoms with E-state index in [1.165, 1.54) is 0 Å². The van der Waals surface area contributed by atoms with Crippen LogP contribution in [0.15, 0.2) is 0 Å². The van der Waals surface area contributed by atoms with Gasteiger partial charge in [0.2, 0.25) is 0 Å². The van der Waals surface area contributed by atoms with E-state index in [4.69, 9.17) is 19.6 Å². The van der Waals surface area contributed by atoms with Gasteiger partial charge < -0.3 is 19.6 Å². The Kier molecular flexibility index (Phi) is 18.6. The Bertz CT molecular complexity index is 577. The van der Waals surface area contributed by atoms with Crippen molar-refractivity contribution in [3.05, 3.63) is 0 Å². The van der Waals surface area contributed by atoms with Crippen molar-refractivity contribution in [2.45, 2.75) is 89.9 Å². The first-order valence-corrected chi connectivity index (χ1v) is 13.6. The molecule has 10 heteroatoms. The Morgan fingerprint density at radius 3 is 1.13 bits per heavy atom. The summed E-state index contributed by atoms with van der Waals surface area (Å²) in [5.41, 5.74) is 0. The third-order valence-corrected chi connectivity index (χ3v) is 5.19. The quantitative estimate of drug-likeness (QED) is 0.130. The third kappa shape index (κ3) is 27.3. The second kappa shape index (κ2) is 19.1. The minimum Gasteiger partial charge on any atom is -0.303 e. The lowest BCUT2D eigenvalue weighted by Crippen LogP contribution is -1.92. The van der Waals surface area contributed by atoms with E-state index in [-0.39, 0.29) is 13.2 Å². The lowest BCUT2D eigenvalue weighted by molar-refractivity contribution is 0.191. The van der Waals surface area contributed by atoms with E-state index < -0.39 is 15.6 Å². The highest BCUT2D eigenvalue weighted by Gasteiger charge is 2.12. The van der Waals surface area contributed by atoms with E-state index in [9.17, 15) is 9.13 Å². The van der Waals surface area contributed by atoms with E-state index in [1.54, 1.807) is 0 Å². The van der Waals surface area contributed by atoms with Crippen LogP contribution >= 0.6 is 15.6 Å². The Labute approximate surface area is 180 Å². The molecule has 0 bridgehead atoms. The Morgan fingerprint density at radius 1 is 0.500 bits per heavy atom. The van der Waals surface area contributed by atoms with Gasteiger partial charge >= 0.3 is 15.6 Å². The predicted molar refractivity (Wildman–Crippen MR) is 116 cm³/mol. The number of phosphoric ester groups is 2. The van der Waals surface area contributed by atoms with Crippen molar-refractivity contribution in [3.8, 4) is 23.7 Å². The lowest BCUT2D eigenvalue weighted by Gasteiger charge is -2.04. The van der Waals surface area contributed by atoms with Crippen LogP contribution in [0.5, 0.6) is 0 Å². The second-order valence-corrected chi connectivity index (χ2v) is 9.47. The van der Waals surface area contributed by atoms with E-state index in [1.807, 2.05) is 0 Å². The summed E-state index contributed by atoms with van der Waals surface area (Å²) in [6, 6.07) is 0. The van der Waals surface area contributed by atoms with Crippen molar-refractivity contribution in [1.82, 2.24) is 0 Å². The average Bonchev–Trinajstić information content (AvgIpc) is 2.64. The molecule has 174 valence electrons. The first-order valence-electron chi connectivity index (χ1n) is 10.6. The molecular weight excluding hydrogens is 430 g/mol. The summed E-state index contributed by atoms with van der Waals surface area (Å²) in [6.07, 6.45) is 13.3. The van der Waals surface area contributed by atoms with Gasteiger partial charge in [-0.3, -0.25) is 9.05 Å². The molecule has 0 aromatic heterocycles. The molecule has 0 amide bonds. The summed E-state index contributed by atoms with van der Waals surface area (Å²) in [6.45, 7) is 0.206. The third-order valence-electron chi connectivity index (χ3n) is 4.15. The summed E-state index contributed by atoms with van der Waals surface area (Å²) in [5, 5.41) is 0. The molecule has 0 aromatic rings. The summed E-state index contributed by atoms with van der Waals surface area (Å²) in [5.74, 6) is 11.9. The molecular formula is C20H36O8P2. The maximum Gasteiger partial charge on any atom is 0.469 e. The number of hydrogen-bond acceptors (Lipinski definition) is 4. The fraction of sp³-hybridized carbons (Fsp3) is 0.800. The Balaban J connectivity index is 3.33. The summed E-state index contributed by atoms with van der Waals surface area (Å²) >= 11 is 0. The first-order chi connectivity index (χ1) is 14.2. The van der Waals surface area contributed by atoms with Gasteiger partial charge in [0.25, 0.3) is 0 Å². The zero-order chi connectivity index (χ0) is 22.6. The largest absolute Gasteiger partial charge is 0.469 e. The molecule has 0 saturated heterocycles. The highest BCUT2D eigenvalue weighted by molar-refractivity contribution is 7.46. The molecule has 0 aliphatic rings. The number of hydrogen-bond donors (Lipinski definition) is 4. The smallest absolute Gasteiger partial charge is 0.303 e. The average molecular weight is 466 g/mol. The predicted octanol–water partition coefficient (Wildman–Crippen LogP) is 4.67. The van der Waals surface area contributed by atoms with Gasteiger partial charge in [-0.25, -0.2) is 9.13 Å². The topological polar surface area (TPSA) is 134 Å². The van der Waals surface area contributed by atoms with Gasteiger partial charge in [0.05, 0.1) is 13.2 Å². The molecule has 0 spiro atoms. The van der Waals surface area contributed by atoms with Crippen LogP contribution in [0.25, 0.3) is 0 Å². The van der Waals surface area contributed by atoms with Gasteiger partial charge in [0.1, 0.15) is 0 Å². The van der Waals surface area contributed by atoms with Crippen molar-refractivity contribution in [2.24, 2.45) is 0 Å². The van der Waals surface area contributed by atoms with Gasteiger partial charge in [0.15, 0.2) is 0 Å². The van der Waals surface area contributed by atoms with Crippen molar-refractivity contribution >= 4 is 15.6 Å². The molecule has 4 N–H and O–H groups in total. The van der Waals surface area contributed by atoms with Crippen molar-refractivity contribution < 1.29 is 37.8 Å². The molecule has 30 heavy (non-hydrogen) atoms.